The number of likely N-dealkylation sites (N-methyl/N-ethyl adjacent to an activating group) is 1. The van der Waals surface area contributed by atoms with E-state index in [2.05, 4.69) is 46.1 Å². The van der Waals surface area contributed by atoms with Crippen LogP contribution in [0.25, 0.3) is 21.6 Å². The van der Waals surface area contributed by atoms with Crippen molar-refractivity contribution in [2.24, 2.45) is 5.41 Å². The molecule has 6 heterocycles. The van der Waals surface area contributed by atoms with E-state index in [0.717, 1.165) is 21.7 Å². The van der Waals surface area contributed by atoms with Crippen molar-refractivity contribution in [2.75, 3.05) is 74.5 Å². The first-order valence-corrected chi connectivity index (χ1v) is 29.7. The number of rotatable bonds is 20. The summed E-state index contributed by atoms with van der Waals surface area (Å²) in [7, 11) is 1.96. The summed E-state index contributed by atoms with van der Waals surface area (Å²) < 4.78 is 58.2. The second kappa shape index (κ2) is 27.7. The summed E-state index contributed by atoms with van der Waals surface area (Å²) in [5.74, 6) is -3.23. The maximum absolute atomic E-state index is 16.2. The molecule has 3 aromatic heterocycles. The van der Waals surface area contributed by atoms with Crippen LogP contribution < -0.4 is 36.6 Å². The monoisotopic (exact) mass is 1210 g/mol. The molecule has 5 aromatic rings. The van der Waals surface area contributed by atoms with Crippen molar-refractivity contribution in [3.63, 3.8) is 0 Å². The van der Waals surface area contributed by atoms with Crippen molar-refractivity contribution < 1.29 is 51.4 Å². The van der Waals surface area contributed by atoms with E-state index in [-0.39, 0.29) is 91.1 Å². The van der Waals surface area contributed by atoms with Crippen molar-refractivity contribution in [3.8, 4) is 21.6 Å². The third-order valence-corrected chi connectivity index (χ3v) is 17.0. The fraction of sp³-hybridized carbons (Fsp3) is 0.500. The number of piperazine rings is 2. The van der Waals surface area contributed by atoms with Crippen LogP contribution in [0, 0.1) is 18.2 Å². The molecule has 0 bridgehead atoms. The molecule has 26 heteroatoms. The minimum atomic E-state index is -5.01. The van der Waals surface area contributed by atoms with Gasteiger partial charge in [0, 0.05) is 132 Å². The largest absolute Gasteiger partial charge is 0.417 e. The number of aryl methyl sites for hydroxylation is 1. The summed E-state index contributed by atoms with van der Waals surface area (Å²) in [4.78, 5) is 117. The predicted octanol–water partition coefficient (Wildman–Crippen LogP) is 6.12. The van der Waals surface area contributed by atoms with Crippen molar-refractivity contribution in [1.29, 1.82) is 0 Å². The number of anilines is 3. The average Bonchev–Trinajstić information content (AvgIpc) is 1.61. The number of hydrogen-bond donors (Lipinski definition) is 6. The molecule has 462 valence electrons. The van der Waals surface area contributed by atoms with Crippen molar-refractivity contribution in [2.45, 2.75) is 129 Å². The number of alkyl halides is 3. The molecule has 0 saturated carbocycles. The van der Waals surface area contributed by atoms with Gasteiger partial charge < -0.3 is 51.0 Å². The number of benzene rings is 2. The van der Waals surface area contributed by atoms with Crippen LogP contribution >= 0.6 is 11.3 Å². The highest BCUT2D eigenvalue weighted by molar-refractivity contribution is 7.13. The summed E-state index contributed by atoms with van der Waals surface area (Å²) in [6.45, 7) is 14.1. The lowest BCUT2D eigenvalue weighted by Crippen LogP contribution is -2.57. The van der Waals surface area contributed by atoms with Crippen LogP contribution in [0.5, 0.6) is 0 Å². The van der Waals surface area contributed by atoms with Crippen LogP contribution in [-0.4, -0.2) is 165 Å². The van der Waals surface area contributed by atoms with Gasteiger partial charge in [-0.05, 0) is 69.3 Å². The Bertz CT molecular complexity index is 3300. The molecule has 5 atom stereocenters. The standard InChI is InChI=1S/C60H75F4N13O8S/c1-35-31-76(32-36(2)73(35)7)47-26-45(61)42(24-46(47)71-55(83)43-30-66-51(81)25-44(43)60(62,63)64)40-28-68-58(69-29-40)75-21-19-74(20-22-75)52(82)17-16-49(79)65-18-10-8-9-11-50(80)72-54(59(4,5)6)57(85)77-33-41(78)23-48(77)56(84)67-27-38-12-14-39(15-13-38)53-37(3)70-34-86-53/h12-15,24-26,28-30,34-36,41,48,54,78H,8-11,16-23,27,31-33H2,1-7H3,(H,65,79)(H,66,81)(H,67,84)(H,71,83)(H,72,80)/t35-,36+,41-,48+,54-/m1/s1. The molecule has 21 nitrogen and oxygen atoms in total. The van der Waals surface area contributed by atoms with Crippen LogP contribution in [0.2, 0.25) is 0 Å². The third-order valence-electron chi connectivity index (χ3n) is 16.1. The molecule has 86 heavy (non-hydrogen) atoms. The second-order valence-electron chi connectivity index (χ2n) is 23.4. The molecule has 6 amide bonds. The van der Waals surface area contributed by atoms with E-state index < -0.39 is 70.0 Å². The SMILES string of the molecule is Cc1ncsc1-c1ccc(CNC(=O)[C@@H]2C[C@@H](O)CN2C(=O)[C@@H](NC(=O)CCCCCNC(=O)CCC(=O)N2CCN(c3ncc(-c4cc(NC(=O)c5c[nH]c(=O)cc5C(F)(F)F)c(N5C[C@@H](C)N(C)[C@@H](C)C5)cc4F)cn3)CC2)C(C)(C)C)cc1. The molecule has 0 unspecified atom stereocenters. The first kappa shape index (κ1) is 64.2. The molecule has 6 N–H and O–H groups in total. The normalized spacial score (nSPS) is 18.8. The number of β-amino-alcohol motifs (C(OH)–C–C–N with tert-alkyl or cyclic N) is 1. The van der Waals surface area contributed by atoms with Crippen LogP contribution in [0.4, 0.5) is 34.9 Å². The third kappa shape index (κ3) is 16.0. The summed E-state index contributed by atoms with van der Waals surface area (Å²) >= 11 is 1.55. The second-order valence-corrected chi connectivity index (χ2v) is 24.3. The lowest BCUT2D eigenvalue weighted by Gasteiger charge is -2.44. The molecule has 8 rings (SSSR count). The Morgan fingerprint density at radius 1 is 0.826 bits per heavy atom. The van der Waals surface area contributed by atoms with Gasteiger partial charge in [0.2, 0.25) is 41.0 Å². The number of likely N-dealkylation sites (tertiary alicyclic amines) is 1. The number of thiazole rings is 1. The van der Waals surface area contributed by atoms with Crippen LogP contribution in [0.15, 0.2) is 71.4 Å². The predicted molar refractivity (Wildman–Crippen MR) is 317 cm³/mol. The zero-order chi connectivity index (χ0) is 62.2. The summed E-state index contributed by atoms with van der Waals surface area (Å²) in [5.41, 5.74) is 1.12. The van der Waals surface area contributed by atoms with Crippen molar-refractivity contribution in [3.05, 3.63) is 105 Å². The van der Waals surface area contributed by atoms with Crippen molar-refractivity contribution >= 4 is 64.1 Å². The number of carbonyl (C=O) groups excluding carboxylic acids is 6. The Morgan fingerprint density at radius 2 is 1.51 bits per heavy atom. The zero-order valence-corrected chi connectivity index (χ0v) is 50.2. The topological polar surface area (TPSA) is 258 Å². The van der Waals surface area contributed by atoms with Gasteiger partial charge in [-0.1, -0.05) is 51.5 Å². The molecule has 3 fully saturated rings. The lowest BCUT2D eigenvalue weighted by molar-refractivity contribution is -0.144. The molecule has 0 aliphatic carbocycles. The fourth-order valence-electron chi connectivity index (χ4n) is 10.9. The van der Waals surface area contributed by atoms with Crippen molar-refractivity contribution in [1.82, 2.24) is 50.6 Å². The number of H-pyrrole nitrogens is 1. The average molecular weight is 1210 g/mol. The number of unbranched alkanes of at least 4 members (excludes halogenated alkanes) is 2. The van der Waals surface area contributed by atoms with Gasteiger partial charge in [-0.2, -0.15) is 13.2 Å². The minimum Gasteiger partial charge on any atom is -0.391 e. The van der Waals surface area contributed by atoms with Gasteiger partial charge in [0.1, 0.15) is 17.9 Å². The number of pyridine rings is 1. The van der Waals surface area contributed by atoms with Gasteiger partial charge in [0.05, 0.1) is 44.7 Å². The highest BCUT2D eigenvalue weighted by Crippen LogP contribution is 2.38. The Kier molecular flexibility index (Phi) is 20.7. The van der Waals surface area contributed by atoms with Crippen LogP contribution in [0.3, 0.4) is 0 Å². The Morgan fingerprint density at radius 3 is 2.15 bits per heavy atom. The molecule has 3 aliphatic heterocycles. The van der Waals surface area contributed by atoms with E-state index in [9.17, 15) is 51.8 Å². The summed E-state index contributed by atoms with van der Waals surface area (Å²) in [6.07, 6.45) is -0.614. The zero-order valence-electron chi connectivity index (χ0n) is 49.4. The van der Waals surface area contributed by atoms with Gasteiger partial charge in [0.15, 0.2) is 0 Å². The lowest BCUT2D eigenvalue weighted by atomic mass is 9.85. The number of amides is 6. The van der Waals surface area contributed by atoms with E-state index in [4.69, 9.17) is 0 Å². The van der Waals surface area contributed by atoms with E-state index in [0.29, 0.717) is 83.3 Å². The number of aromatic amines is 1. The number of aromatic nitrogens is 4. The highest BCUT2D eigenvalue weighted by atomic mass is 32.1. The van der Waals surface area contributed by atoms with Gasteiger partial charge in [0.25, 0.3) is 5.91 Å². The van der Waals surface area contributed by atoms with Gasteiger partial charge >= 0.3 is 6.18 Å². The van der Waals surface area contributed by atoms with Gasteiger partial charge in [-0.25, -0.2) is 19.3 Å². The number of halogens is 4. The minimum absolute atomic E-state index is 0.00999. The maximum Gasteiger partial charge on any atom is 0.417 e. The highest BCUT2D eigenvalue weighted by Gasteiger charge is 2.45. The number of aliphatic hydroxyl groups excluding tert-OH is 1. The number of carbonyl (C=O) groups is 6. The number of nitrogens with one attached hydrogen (secondary N) is 5. The Balaban J connectivity index is 0.757. The molecular weight excluding hydrogens is 1140 g/mol. The van der Waals surface area contributed by atoms with Crippen LogP contribution in [-0.2, 0) is 36.7 Å². The Hall–Kier alpha value is -7.84. The first-order chi connectivity index (χ1) is 40.7. The quantitative estimate of drug-likeness (QED) is 0.0380. The number of nitrogens with zero attached hydrogens (tertiary/aromatic N) is 8. The van der Waals surface area contributed by atoms with Gasteiger partial charge in [-0.15, -0.1) is 11.3 Å². The molecule has 0 radical (unpaired) electrons. The fourth-order valence-corrected chi connectivity index (χ4v) is 11.7. The van der Waals surface area contributed by atoms with E-state index >= 15 is 4.39 Å². The molecule has 2 aromatic carbocycles. The van der Waals surface area contributed by atoms with E-state index in [1.54, 1.807) is 21.7 Å². The van der Waals surface area contributed by atoms with Gasteiger partial charge in [-0.3, -0.25) is 38.5 Å². The van der Waals surface area contributed by atoms with E-state index in [1.165, 1.54) is 29.4 Å². The first-order valence-electron chi connectivity index (χ1n) is 28.8. The summed E-state index contributed by atoms with van der Waals surface area (Å²) in [6, 6.07) is 8.79. The number of hydrogen-bond acceptors (Lipinski definition) is 15. The molecular formula is C60H75F4N13O8S. The molecule has 3 aliphatic rings. The summed E-state index contributed by atoms with van der Waals surface area (Å²) in [5, 5.41) is 21.8. The molecule has 0 spiro atoms. The van der Waals surface area contributed by atoms with E-state index in [1.807, 2.05) is 82.7 Å². The smallest absolute Gasteiger partial charge is 0.391 e. The Labute approximate surface area is 500 Å². The maximum atomic E-state index is 16.2. The number of aliphatic hydroxyl groups is 1. The molecule has 3 saturated heterocycles. The van der Waals surface area contributed by atoms with Crippen LogP contribution in [0.1, 0.15) is 107 Å².